The van der Waals surface area contributed by atoms with Gasteiger partial charge in [0.25, 0.3) is 0 Å². The van der Waals surface area contributed by atoms with Gasteiger partial charge in [-0.1, -0.05) is 30.3 Å². The first kappa shape index (κ1) is 12.2. The molecule has 17 heavy (non-hydrogen) atoms. The van der Waals surface area contributed by atoms with Crippen molar-refractivity contribution in [2.24, 2.45) is 0 Å². The summed E-state index contributed by atoms with van der Waals surface area (Å²) in [5.41, 5.74) is 0.773. The molecule has 1 aliphatic rings. The van der Waals surface area contributed by atoms with Crippen LogP contribution in [0.1, 0.15) is 11.9 Å². The van der Waals surface area contributed by atoms with Crippen LogP contribution in [0.5, 0.6) is 0 Å². The minimum atomic E-state index is -1.03. The summed E-state index contributed by atoms with van der Waals surface area (Å²) in [6.07, 6.45) is -2.74. The third-order valence-electron chi connectivity index (χ3n) is 2.58. The topological polar surface area (TPSA) is 76.0 Å². The molecule has 5 nitrogen and oxygen atoms in total. The second-order valence-corrected chi connectivity index (χ2v) is 3.82. The van der Waals surface area contributed by atoms with E-state index in [1.165, 1.54) is 0 Å². The highest BCUT2D eigenvalue weighted by atomic mass is 16.7. The molecule has 2 rings (SSSR count). The summed E-state index contributed by atoms with van der Waals surface area (Å²) in [6, 6.07) is 9.13. The molecular weight excluding hydrogens is 224 g/mol. The maximum absolute atomic E-state index is 11.4. The first-order valence-electron chi connectivity index (χ1n) is 5.36. The predicted molar refractivity (Wildman–Crippen MR) is 58.1 cm³/mol. The highest BCUT2D eigenvalue weighted by molar-refractivity contribution is 5.84. The normalized spacial score (nSPS) is 28.9. The Morgan fingerprint density at radius 2 is 2.06 bits per heavy atom. The van der Waals surface area contributed by atoms with Crippen molar-refractivity contribution >= 4 is 5.78 Å². The van der Waals surface area contributed by atoms with Crippen molar-refractivity contribution in [3.05, 3.63) is 35.9 Å². The molecule has 1 aliphatic heterocycles. The predicted octanol–water partition coefficient (Wildman–Crippen LogP) is 0.0229. The van der Waals surface area contributed by atoms with E-state index in [1.807, 2.05) is 30.3 Å². The van der Waals surface area contributed by atoms with Gasteiger partial charge in [-0.2, -0.15) is 0 Å². The summed E-state index contributed by atoms with van der Waals surface area (Å²) in [6.45, 7) is -0.640. The standard InChI is InChI=1S/C12H14O5/c13-6-9(14)11-10(15)7-16-12(17-11)8-4-2-1-3-5-8/h1-5,10-13,15H,6-7H2. The van der Waals surface area contributed by atoms with Crippen LogP contribution in [-0.2, 0) is 14.3 Å². The molecule has 1 aromatic carbocycles. The van der Waals surface area contributed by atoms with Gasteiger partial charge in [-0.3, -0.25) is 4.79 Å². The average molecular weight is 238 g/mol. The van der Waals surface area contributed by atoms with Crippen molar-refractivity contribution in [1.29, 1.82) is 0 Å². The number of carbonyl (C=O) groups is 1. The Morgan fingerprint density at radius 1 is 1.35 bits per heavy atom. The molecule has 0 amide bonds. The number of rotatable bonds is 3. The molecule has 0 spiro atoms. The van der Waals surface area contributed by atoms with E-state index in [1.54, 1.807) is 0 Å². The Bertz CT molecular complexity index is 378. The molecule has 0 aromatic heterocycles. The molecule has 3 atom stereocenters. The van der Waals surface area contributed by atoms with Crippen LogP contribution in [0.2, 0.25) is 0 Å². The monoisotopic (exact) mass is 238 g/mol. The SMILES string of the molecule is O=C(CO)C1OC(c2ccccc2)OCC1O. The lowest BCUT2D eigenvalue weighted by Crippen LogP contribution is -2.46. The zero-order valence-electron chi connectivity index (χ0n) is 9.15. The molecule has 3 unspecified atom stereocenters. The highest BCUT2D eigenvalue weighted by Gasteiger charge is 2.35. The van der Waals surface area contributed by atoms with E-state index >= 15 is 0 Å². The van der Waals surface area contributed by atoms with E-state index in [4.69, 9.17) is 14.6 Å². The molecule has 1 saturated heterocycles. The summed E-state index contributed by atoms with van der Waals surface area (Å²) >= 11 is 0. The lowest BCUT2D eigenvalue weighted by atomic mass is 10.1. The van der Waals surface area contributed by atoms with Gasteiger partial charge in [0.1, 0.15) is 18.8 Å². The van der Waals surface area contributed by atoms with E-state index in [0.29, 0.717) is 0 Å². The Morgan fingerprint density at radius 3 is 2.71 bits per heavy atom. The van der Waals surface area contributed by atoms with Gasteiger partial charge in [-0.05, 0) is 0 Å². The van der Waals surface area contributed by atoms with Crippen molar-refractivity contribution in [3.63, 3.8) is 0 Å². The third-order valence-corrected chi connectivity index (χ3v) is 2.58. The number of carbonyl (C=O) groups excluding carboxylic acids is 1. The number of ether oxygens (including phenoxy) is 2. The summed E-state index contributed by atoms with van der Waals surface area (Å²) in [4.78, 5) is 11.4. The number of ketones is 1. The van der Waals surface area contributed by atoms with Crippen molar-refractivity contribution in [3.8, 4) is 0 Å². The van der Waals surface area contributed by atoms with E-state index in [9.17, 15) is 9.90 Å². The number of Topliss-reactive ketones (excluding diaryl/α,β-unsaturated/α-hetero) is 1. The lowest BCUT2D eigenvalue weighted by molar-refractivity contribution is -0.251. The molecule has 1 heterocycles. The Hall–Kier alpha value is -1.27. The zero-order valence-corrected chi connectivity index (χ0v) is 9.15. The van der Waals surface area contributed by atoms with Crippen molar-refractivity contribution < 1.29 is 24.5 Å². The average Bonchev–Trinajstić information content (AvgIpc) is 2.39. The summed E-state index contributed by atoms with van der Waals surface area (Å²) in [7, 11) is 0. The van der Waals surface area contributed by atoms with Crippen LogP contribution >= 0.6 is 0 Å². The van der Waals surface area contributed by atoms with Crippen molar-refractivity contribution in [1.82, 2.24) is 0 Å². The minimum Gasteiger partial charge on any atom is -0.388 e. The fraction of sp³-hybridized carbons (Fsp3) is 0.417. The van der Waals surface area contributed by atoms with Gasteiger partial charge in [0.15, 0.2) is 12.1 Å². The summed E-state index contributed by atoms with van der Waals surface area (Å²) in [5.74, 6) is -0.540. The summed E-state index contributed by atoms with van der Waals surface area (Å²) in [5, 5.41) is 18.3. The Balaban J connectivity index is 2.10. The van der Waals surface area contributed by atoms with Gasteiger partial charge in [0.05, 0.1) is 6.61 Å². The maximum Gasteiger partial charge on any atom is 0.189 e. The molecule has 0 aliphatic carbocycles. The number of aliphatic hydroxyl groups excluding tert-OH is 2. The molecule has 5 heteroatoms. The first-order valence-corrected chi connectivity index (χ1v) is 5.36. The van der Waals surface area contributed by atoms with Crippen LogP contribution in [0.25, 0.3) is 0 Å². The molecule has 0 radical (unpaired) electrons. The smallest absolute Gasteiger partial charge is 0.189 e. The van der Waals surface area contributed by atoms with E-state index in [2.05, 4.69) is 0 Å². The molecule has 1 aromatic rings. The molecular formula is C12H14O5. The molecule has 1 fully saturated rings. The van der Waals surface area contributed by atoms with E-state index < -0.39 is 30.9 Å². The lowest BCUT2D eigenvalue weighted by Gasteiger charge is -2.32. The van der Waals surface area contributed by atoms with Gasteiger partial charge >= 0.3 is 0 Å². The van der Waals surface area contributed by atoms with Crippen molar-refractivity contribution in [2.75, 3.05) is 13.2 Å². The maximum atomic E-state index is 11.4. The highest BCUT2D eigenvalue weighted by Crippen LogP contribution is 2.26. The van der Waals surface area contributed by atoms with E-state index in [-0.39, 0.29) is 6.61 Å². The van der Waals surface area contributed by atoms with Gasteiger partial charge in [-0.15, -0.1) is 0 Å². The quantitative estimate of drug-likeness (QED) is 0.776. The van der Waals surface area contributed by atoms with Gasteiger partial charge in [-0.25, -0.2) is 0 Å². The second-order valence-electron chi connectivity index (χ2n) is 3.82. The van der Waals surface area contributed by atoms with Crippen LogP contribution in [0.3, 0.4) is 0 Å². The Kier molecular flexibility index (Phi) is 3.86. The fourth-order valence-electron chi connectivity index (χ4n) is 1.70. The Labute approximate surface area is 98.6 Å². The molecule has 0 bridgehead atoms. The minimum absolute atomic E-state index is 0.00989. The van der Waals surface area contributed by atoms with E-state index in [0.717, 1.165) is 5.56 Å². The largest absolute Gasteiger partial charge is 0.388 e. The van der Waals surface area contributed by atoms with Crippen LogP contribution in [0.4, 0.5) is 0 Å². The third kappa shape index (κ3) is 2.70. The van der Waals surface area contributed by atoms with Crippen LogP contribution in [0, 0.1) is 0 Å². The number of hydrogen-bond acceptors (Lipinski definition) is 5. The molecule has 0 saturated carbocycles. The van der Waals surface area contributed by atoms with Crippen LogP contribution in [-0.4, -0.2) is 41.4 Å². The molecule has 92 valence electrons. The second kappa shape index (κ2) is 5.37. The van der Waals surface area contributed by atoms with Gasteiger partial charge < -0.3 is 19.7 Å². The zero-order chi connectivity index (χ0) is 12.3. The van der Waals surface area contributed by atoms with Gasteiger partial charge in [0.2, 0.25) is 0 Å². The number of hydrogen-bond donors (Lipinski definition) is 2. The van der Waals surface area contributed by atoms with Gasteiger partial charge in [0, 0.05) is 5.56 Å². The van der Waals surface area contributed by atoms with Crippen LogP contribution < -0.4 is 0 Å². The summed E-state index contributed by atoms with van der Waals surface area (Å²) < 4.78 is 10.7. The fourth-order valence-corrected chi connectivity index (χ4v) is 1.70. The first-order chi connectivity index (χ1) is 8.22. The van der Waals surface area contributed by atoms with Crippen molar-refractivity contribution in [2.45, 2.75) is 18.5 Å². The molecule has 2 N–H and O–H groups in total. The number of benzene rings is 1. The number of aliphatic hydroxyl groups is 2. The van der Waals surface area contributed by atoms with Crippen LogP contribution in [0.15, 0.2) is 30.3 Å².